The highest BCUT2D eigenvalue weighted by Crippen LogP contribution is 2.36. The zero-order valence-corrected chi connectivity index (χ0v) is 16.4. The van der Waals surface area contributed by atoms with E-state index in [1.54, 1.807) is 24.3 Å². The van der Waals surface area contributed by atoms with Crippen molar-refractivity contribution >= 4 is 23.2 Å². The van der Waals surface area contributed by atoms with Gasteiger partial charge in [0, 0.05) is 12.6 Å². The van der Waals surface area contributed by atoms with Gasteiger partial charge in [0.25, 0.3) is 5.91 Å². The Morgan fingerprint density at radius 2 is 1.83 bits per heavy atom. The molecular weight excluding hydrogens is 401 g/mol. The number of alkyl halides is 3. The quantitative estimate of drug-likeness (QED) is 0.618. The number of allylic oxidation sites excluding steroid dienone is 1. The van der Waals surface area contributed by atoms with Gasteiger partial charge in [-0.3, -0.25) is 9.59 Å². The third-order valence-electron chi connectivity index (χ3n) is 3.89. The third-order valence-corrected chi connectivity index (χ3v) is 3.89. The maximum Gasteiger partial charge on any atom is 0.418 e. The van der Waals surface area contributed by atoms with Gasteiger partial charge in [-0.1, -0.05) is 12.1 Å². The molecule has 2 amide bonds. The molecule has 6 nitrogen and oxygen atoms in total. The lowest BCUT2D eigenvalue weighted by Crippen LogP contribution is -2.22. The van der Waals surface area contributed by atoms with Crippen LogP contribution in [0.1, 0.15) is 18.1 Å². The highest BCUT2D eigenvalue weighted by atomic mass is 19.4. The number of ether oxygens (including phenoxy) is 2. The van der Waals surface area contributed by atoms with E-state index in [9.17, 15) is 22.8 Å². The van der Waals surface area contributed by atoms with Gasteiger partial charge >= 0.3 is 6.18 Å². The number of amides is 2. The molecule has 0 spiro atoms. The van der Waals surface area contributed by atoms with Crippen molar-refractivity contribution in [1.82, 2.24) is 0 Å². The van der Waals surface area contributed by atoms with Gasteiger partial charge in [0.1, 0.15) is 0 Å². The summed E-state index contributed by atoms with van der Waals surface area (Å²) in [6, 6.07) is 8.16. The van der Waals surface area contributed by atoms with Gasteiger partial charge in [0.05, 0.1) is 18.4 Å². The molecule has 0 radical (unpaired) electrons. The van der Waals surface area contributed by atoms with Crippen LogP contribution in [0.25, 0.3) is 0 Å². The topological polar surface area (TPSA) is 76.7 Å². The predicted octanol–water partition coefficient (Wildman–Crippen LogP) is 4.42. The van der Waals surface area contributed by atoms with Crippen LogP contribution in [-0.4, -0.2) is 25.5 Å². The van der Waals surface area contributed by atoms with Crippen molar-refractivity contribution in [3.8, 4) is 11.5 Å². The van der Waals surface area contributed by atoms with E-state index in [2.05, 4.69) is 17.2 Å². The molecule has 0 aliphatic carbocycles. The van der Waals surface area contributed by atoms with E-state index in [1.165, 1.54) is 20.1 Å². The van der Waals surface area contributed by atoms with E-state index in [-0.39, 0.29) is 11.4 Å². The van der Waals surface area contributed by atoms with Crippen LogP contribution in [0, 0.1) is 0 Å². The molecule has 0 heterocycles. The molecule has 0 fully saturated rings. The number of methoxy groups -OCH3 is 1. The Kier molecular flexibility index (Phi) is 7.46. The summed E-state index contributed by atoms with van der Waals surface area (Å²) < 4.78 is 50.7. The second-order valence-electron chi connectivity index (χ2n) is 6.25. The summed E-state index contributed by atoms with van der Waals surface area (Å²) in [6.45, 7) is 4.30. The highest BCUT2D eigenvalue weighted by Gasteiger charge is 2.34. The summed E-state index contributed by atoms with van der Waals surface area (Å²) in [5.41, 5.74) is -0.645. The first-order valence-electron chi connectivity index (χ1n) is 8.83. The second-order valence-corrected chi connectivity index (χ2v) is 6.25. The smallest absolute Gasteiger partial charge is 0.418 e. The zero-order valence-electron chi connectivity index (χ0n) is 16.4. The lowest BCUT2D eigenvalue weighted by Gasteiger charge is -2.16. The average molecular weight is 422 g/mol. The Hall–Kier alpha value is -3.49. The maximum atomic E-state index is 13.3. The average Bonchev–Trinajstić information content (AvgIpc) is 2.67. The lowest BCUT2D eigenvalue weighted by atomic mass is 10.1. The van der Waals surface area contributed by atoms with E-state index in [4.69, 9.17) is 9.47 Å². The molecule has 0 aromatic heterocycles. The molecule has 9 heteroatoms. The van der Waals surface area contributed by atoms with Crippen LogP contribution < -0.4 is 20.1 Å². The van der Waals surface area contributed by atoms with Gasteiger partial charge in [0.2, 0.25) is 5.91 Å². The highest BCUT2D eigenvalue weighted by molar-refractivity contribution is 5.94. The van der Waals surface area contributed by atoms with Crippen molar-refractivity contribution in [3.05, 3.63) is 60.2 Å². The molecule has 0 aliphatic heterocycles. The molecule has 2 rings (SSSR count). The maximum absolute atomic E-state index is 13.3. The molecular formula is C21H21F3N2O4. The molecule has 0 aliphatic rings. The van der Waals surface area contributed by atoms with Crippen molar-refractivity contribution in [2.75, 3.05) is 24.4 Å². The first kappa shape index (κ1) is 22.8. The van der Waals surface area contributed by atoms with Crippen LogP contribution in [0.2, 0.25) is 0 Å². The van der Waals surface area contributed by atoms with Crippen molar-refractivity contribution in [2.24, 2.45) is 0 Å². The van der Waals surface area contributed by atoms with Gasteiger partial charge in [-0.2, -0.15) is 13.2 Å². The molecule has 0 unspecified atom stereocenters. The molecule has 30 heavy (non-hydrogen) atoms. The minimum absolute atomic E-state index is 0.0339. The summed E-state index contributed by atoms with van der Waals surface area (Å²) in [5, 5.41) is 4.46. The number of hydrogen-bond donors (Lipinski definition) is 2. The number of hydrogen-bond acceptors (Lipinski definition) is 4. The Morgan fingerprint density at radius 1 is 1.10 bits per heavy atom. The fraction of sp³-hybridized carbons (Fsp3) is 0.238. The van der Waals surface area contributed by atoms with Crippen LogP contribution in [0.4, 0.5) is 24.5 Å². The van der Waals surface area contributed by atoms with Gasteiger partial charge < -0.3 is 20.1 Å². The van der Waals surface area contributed by atoms with Crippen LogP contribution in [0.15, 0.2) is 49.1 Å². The normalized spacial score (nSPS) is 10.8. The van der Waals surface area contributed by atoms with Crippen LogP contribution in [0.3, 0.4) is 0 Å². The lowest BCUT2D eigenvalue weighted by molar-refractivity contribution is -0.137. The molecule has 160 valence electrons. The van der Waals surface area contributed by atoms with Crippen molar-refractivity contribution in [3.63, 3.8) is 0 Å². The van der Waals surface area contributed by atoms with Gasteiger partial charge in [-0.25, -0.2) is 0 Å². The summed E-state index contributed by atoms with van der Waals surface area (Å²) >= 11 is 0. The Labute approximate surface area is 171 Å². The minimum atomic E-state index is -4.73. The van der Waals surface area contributed by atoms with E-state index in [0.29, 0.717) is 12.2 Å². The summed E-state index contributed by atoms with van der Waals surface area (Å²) in [5.74, 6) is -0.637. The molecule has 0 saturated carbocycles. The van der Waals surface area contributed by atoms with Crippen LogP contribution >= 0.6 is 0 Å². The first-order valence-corrected chi connectivity index (χ1v) is 8.83. The van der Waals surface area contributed by atoms with Gasteiger partial charge in [-0.05, 0) is 42.3 Å². The van der Waals surface area contributed by atoms with E-state index in [0.717, 1.165) is 17.7 Å². The van der Waals surface area contributed by atoms with Crippen LogP contribution in [-0.2, 0) is 22.2 Å². The van der Waals surface area contributed by atoms with E-state index in [1.807, 2.05) is 0 Å². The van der Waals surface area contributed by atoms with E-state index >= 15 is 0 Å². The van der Waals surface area contributed by atoms with Crippen molar-refractivity contribution in [2.45, 2.75) is 19.5 Å². The molecule has 0 bridgehead atoms. The van der Waals surface area contributed by atoms with Crippen LogP contribution in [0.5, 0.6) is 11.5 Å². The minimum Gasteiger partial charge on any atom is -0.493 e. The second kappa shape index (κ2) is 9.82. The van der Waals surface area contributed by atoms with Crippen molar-refractivity contribution < 1.29 is 32.2 Å². The molecule has 0 atom stereocenters. The SMILES string of the molecule is C=CCc1ccc(OCC(=O)Nc2ccc(NC(C)=O)cc2C(F)(F)F)c(OC)c1. The van der Waals surface area contributed by atoms with Gasteiger partial charge in [0.15, 0.2) is 18.1 Å². The predicted molar refractivity (Wildman–Crippen MR) is 107 cm³/mol. The Morgan fingerprint density at radius 3 is 2.43 bits per heavy atom. The summed E-state index contributed by atoms with van der Waals surface area (Å²) in [7, 11) is 1.44. The molecule has 0 saturated heterocycles. The number of anilines is 2. The van der Waals surface area contributed by atoms with E-state index < -0.39 is 35.8 Å². The number of rotatable bonds is 8. The molecule has 2 aromatic carbocycles. The fourth-order valence-corrected chi connectivity index (χ4v) is 2.62. The number of benzene rings is 2. The number of halogens is 3. The Bertz CT molecular complexity index is 942. The number of carbonyl (C=O) groups excluding carboxylic acids is 2. The monoisotopic (exact) mass is 422 g/mol. The Balaban J connectivity index is 2.13. The molecule has 2 N–H and O–H groups in total. The molecule has 2 aromatic rings. The standard InChI is InChI=1S/C21H21F3N2O4/c1-4-5-14-6-9-18(19(10-14)29-3)30-12-20(28)26-17-8-7-15(25-13(2)27)11-16(17)21(22,23)24/h4,6-11H,1,5,12H2,2-3H3,(H,25,27)(H,26,28). The third kappa shape index (κ3) is 6.26. The summed E-state index contributed by atoms with van der Waals surface area (Å²) in [6.07, 6.45) is -2.40. The first-order chi connectivity index (χ1) is 14.1. The number of nitrogens with one attached hydrogen (secondary N) is 2. The largest absolute Gasteiger partial charge is 0.493 e. The number of carbonyl (C=O) groups is 2. The van der Waals surface area contributed by atoms with Gasteiger partial charge in [-0.15, -0.1) is 6.58 Å². The van der Waals surface area contributed by atoms with Crippen molar-refractivity contribution in [1.29, 1.82) is 0 Å². The fourth-order valence-electron chi connectivity index (χ4n) is 2.62. The zero-order chi connectivity index (χ0) is 22.3. The summed E-state index contributed by atoms with van der Waals surface area (Å²) in [4.78, 5) is 23.2.